The van der Waals surface area contributed by atoms with Crippen molar-refractivity contribution in [3.05, 3.63) is 54.2 Å². The van der Waals surface area contributed by atoms with Crippen molar-refractivity contribution in [1.29, 1.82) is 0 Å². The van der Waals surface area contributed by atoms with Crippen LogP contribution in [-0.2, 0) is 6.54 Å². The number of furan rings is 1. The molecule has 0 saturated heterocycles. The molecule has 2 heterocycles. The average molecular weight is 245 g/mol. The molecule has 0 amide bonds. The van der Waals surface area contributed by atoms with E-state index in [1.54, 1.807) is 6.26 Å². The van der Waals surface area contributed by atoms with Gasteiger partial charge < -0.3 is 10.2 Å². The smallest absolute Gasteiger partial charge is 0.122 e. The molecule has 18 heavy (non-hydrogen) atoms. The van der Waals surface area contributed by atoms with Crippen LogP contribution in [-0.4, -0.2) is 23.0 Å². The number of nitrogens with zero attached hydrogens (tertiary/aromatic N) is 2. The minimum absolute atomic E-state index is 0.123. The molecule has 0 aliphatic carbocycles. The highest BCUT2D eigenvalue weighted by Gasteiger charge is 2.20. The van der Waals surface area contributed by atoms with Crippen molar-refractivity contribution in [3.8, 4) is 0 Å². The number of rotatable bonds is 6. The molecule has 1 unspecified atom stereocenters. The van der Waals surface area contributed by atoms with E-state index in [1.807, 2.05) is 36.7 Å². The van der Waals surface area contributed by atoms with Gasteiger partial charge in [0.05, 0.1) is 12.3 Å². The summed E-state index contributed by atoms with van der Waals surface area (Å²) in [7, 11) is 0. The zero-order valence-electron chi connectivity index (χ0n) is 10.6. The molecular formula is C14H19N3O. The van der Waals surface area contributed by atoms with Crippen LogP contribution in [0.25, 0.3) is 0 Å². The fourth-order valence-electron chi connectivity index (χ4n) is 2.09. The van der Waals surface area contributed by atoms with Gasteiger partial charge in [-0.3, -0.25) is 9.88 Å². The monoisotopic (exact) mass is 245 g/mol. The number of aromatic nitrogens is 1. The summed E-state index contributed by atoms with van der Waals surface area (Å²) in [5.74, 6) is 0.924. The first kappa shape index (κ1) is 12.8. The lowest BCUT2D eigenvalue weighted by molar-refractivity contribution is 0.180. The number of pyridine rings is 1. The molecule has 2 aromatic rings. The Labute approximate surface area is 107 Å². The van der Waals surface area contributed by atoms with Gasteiger partial charge in [0, 0.05) is 25.5 Å². The second-order valence-electron chi connectivity index (χ2n) is 4.19. The summed E-state index contributed by atoms with van der Waals surface area (Å²) in [5.41, 5.74) is 7.11. The summed E-state index contributed by atoms with van der Waals surface area (Å²) < 4.78 is 5.47. The molecule has 96 valence electrons. The van der Waals surface area contributed by atoms with E-state index in [0.29, 0.717) is 6.54 Å². The van der Waals surface area contributed by atoms with Crippen molar-refractivity contribution in [2.24, 2.45) is 5.73 Å². The van der Waals surface area contributed by atoms with Gasteiger partial charge in [0.15, 0.2) is 0 Å². The summed E-state index contributed by atoms with van der Waals surface area (Å²) in [5, 5.41) is 0. The molecule has 1 atom stereocenters. The molecule has 4 nitrogen and oxygen atoms in total. The lowest BCUT2D eigenvalue weighted by atomic mass is 10.1. The van der Waals surface area contributed by atoms with Crippen molar-refractivity contribution in [1.82, 2.24) is 9.88 Å². The van der Waals surface area contributed by atoms with Crippen molar-refractivity contribution in [3.63, 3.8) is 0 Å². The Hall–Kier alpha value is -1.65. The highest BCUT2D eigenvalue weighted by molar-refractivity contribution is 5.11. The van der Waals surface area contributed by atoms with Gasteiger partial charge in [-0.25, -0.2) is 0 Å². The molecular weight excluding hydrogens is 226 g/mol. The lowest BCUT2D eigenvalue weighted by Crippen LogP contribution is -2.33. The van der Waals surface area contributed by atoms with Gasteiger partial charge in [-0.1, -0.05) is 6.92 Å². The van der Waals surface area contributed by atoms with Crippen molar-refractivity contribution < 1.29 is 4.42 Å². The molecule has 0 aromatic carbocycles. The molecule has 0 fully saturated rings. The predicted molar refractivity (Wildman–Crippen MR) is 70.8 cm³/mol. The van der Waals surface area contributed by atoms with E-state index in [9.17, 15) is 0 Å². The Morgan fingerprint density at radius 2 is 2.11 bits per heavy atom. The van der Waals surface area contributed by atoms with Gasteiger partial charge in [-0.05, 0) is 36.4 Å². The van der Waals surface area contributed by atoms with Crippen LogP contribution in [0.4, 0.5) is 0 Å². The quantitative estimate of drug-likeness (QED) is 0.847. The lowest BCUT2D eigenvalue weighted by Gasteiger charge is -2.28. The maximum absolute atomic E-state index is 5.88. The number of nitrogens with two attached hydrogens (primary N) is 1. The second-order valence-corrected chi connectivity index (χ2v) is 4.19. The van der Waals surface area contributed by atoms with Crippen LogP contribution in [0.5, 0.6) is 0 Å². The maximum Gasteiger partial charge on any atom is 0.122 e. The molecule has 0 radical (unpaired) electrons. The Kier molecular flexibility index (Phi) is 4.50. The standard InChI is InChI=1S/C14H19N3O/c1-2-17(11-12-5-7-16-8-6-12)13(10-15)14-4-3-9-18-14/h3-9,13H,2,10-11,15H2,1H3. The molecule has 0 bridgehead atoms. The average Bonchev–Trinajstić information content (AvgIpc) is 2.93. The molecule has 0 saturated carbocycles. The summed E-state index contributed by atoms with van der Waals surface area (Å²) >= 11 is 0. The van der Waals surface area contributed by atoms with E-state index in [0.717, 1.165) is 18.8 Å². The van der Waals surface area contributed by atoms with Crippen molar-refractivity contribution in [2.45, 2.75) is 19.5 Å². The van der Waals surface area contributed by atoms with Crippen molar-refractivity contribution >= 4 is 0 Å². The zero-order chi connectivity index (χ0) is 12.8. The van der Waals surface area contributed by atoms with E-state index in [1.165, 1.54) is 5.56 Å². The van der Waals surface area contributed by atoms with Gasteiger partial charge in [-0.15, -0.1) is 0 Å². The third-order valence-electron chi connectivity index (χ3n) is 3.08. The first-order chi connectivity index (χ1) is 8.85. The van der Waals surface area contributed by atoms with Crippen LogP contribution in [0.15, 0.2) is 47.3 Å². The zero-order valence-corrected chi connectivity index (χ0v) is 10.6. The van der Waals surface area contributed by atoms with Crippen LogP contribution >= 0.6 is 0 Å². The number of hydrogen-bond donors (Lipinski definition) is 1. The highest BCUT2D eigenvalue weighted by atomic mass is 16.3. The normalized spacial score (nSPS) is 12.8. The van der Waals surface area contributed by atoms with E-state index < -0.39 is 0 Å². The number of likely N-dealkylation sites (N-methyl/N-ethyl adjacent to an activating group) is 1. The Morgan fingerprint density at radius 3 is 2.67 bits per heavy atom. The second kappa shape index (κ2) is 6.33. The van der Waals surface area contributed by atoms with Crippen LogP contribution in [0.3, 0.4) is 0 Å². The van der Waals surface area contributed by atoms with Crippen molar-refractivity contribution in [2.75, 3.05) is 13.1 Å². The molecule has 2 N–H and O–H groups in total. The topological polar surface area (TPSA) is 55.3 Å². The summed E-state index contributed by atoms with van der Waals surface area (Å²) in [6, 6.07) is 8.06. The van der Waals surface area contributed by atoms with Crippen LogP contribution in [0.2, 0.25) is 0 Å². The molecule has 4 heteroatoms. The van der Waals surface area contributed by atoms with E-state index in [4.69, 9.17) is 10.2 Å². The van der Waals surface area contributed by atoms with Crippen LogP contribution in [0, 0.1) is 0 Å². The molecule has 2 rings (SSSR count). The van der Waals surface area contributed by atoms with Gasteiger partial charge in [0.25, 0.3) is 0 Å². The van der Waals surface area contributed by atoms with Gasteiger partial charge in [0.1, 0.15) is 5.76 Å². The van der Waals surface area contributed by atoms with E-state index >= 15 is 0 Å². The first-order valence-electron chi connectivity index (χ1n) is 6.21. The predicted octanol–water partition coefficient (Wildman–Crippen LogP) is 2.20. The molecule has 0 spiro atoms. The Balaban J connectivity index is 2.12. The summed E-state index contributed by atoms with van der Waals surface area (Å²) in [6.45, 7) is 4.45. The Bertz CT molecular complexity index is 441. The highest BCUT2D eigenvalue weighted by Crippen LogP contribution is 2.21. The SMILES string of the molecule is CCN(Cc1ccncc1)C(CN)c1ccco1. The van der Waals surface area contributed by atoms with Crippen LogP contribution in [0.1, 0.15) is 24.3 Å². The minimum Gasteiger partial charge on any atom is -0.468 e. The minimum atomic E-state index is 0.123. The van der Waals surface area contributed by atoms with Gasteiger partial charge >= 0.3 is 0 Å². The maximum atomic E-state index is 5.88. The molecule has 0 aliphatic rings. The molecule has 0 aliphatic heterocycles. The molecule has 2 aromatic heterocycles. The van der Waals surface area contributed by atoms with E-state index in [2.05, 4.69) is 16.8 Å². The largest absolute Gasteiger partial charge is 0.468 e. The summed E-state index contributed by atoms with van der Waals surface area (Å²) in [6.07, 6.45) is 5.32. The third kappa shape index (κ3) is 2.97. The van der Waals surface area contributed by atoms with Crippen LogP contribution < -0.4 is 5.73 Å². The first-order valence-corrected chi connectivity index (χ1v) is 6.21. The van der Waals surface area contributed by atoms with E-state index in [-0.39, 0.29) is 6.04 Å². The third-order valence-corrected chi connectivity index (χ3v) is 3.08. The van der Waals surface area contributed by atoms with Gasteiger partial charge in [-0.2, -0.15) is 0 Å². The van der Waals surface area contributed by atoms with Gasteiger partial charge in [0.2, 0.25) is 0 Å². The Morgan fingerprint density at radius 1 is 1.33 bits per heavy atom. The summed E-state index contributed by atoms with van der Waals surface area (Å²) in [4.78, 5) is 6.33. The fourth-order valence-corrected chi connectivity index (χ4v) is 2.09. The number of hydrogen-bond acceptors (Lipinski definition) is 4. The fraction of sp³-hybridized carbons (Fsp3) is 0.357.